The predicted molar refractivity (Wildman–Crippen MR) is 188 cm³/mol. The molecule has 0 aliphatic carbocycles. The summed E-state index contributed by atoms with van der Waals surface area (Å²) in [4.78, 5) is 35.3. The molecule has 4 rings (SSSR count). The van der Waals surface area contributed by atoms with E-state index in [0.717, 1.165) is 16.3 Å². The van der Waals surface area contributed by atoms with Gasteiger partial charge in [0.05, 0.1) is 41.6 Å². The van der Waals surface area contributed by atoms with E-state index in [2.05, 4.69) is 10.3 Å². The van der Waals surface area contributed by atoms with E-state index in [-0.39, 0.29) is 53.7 Å². The van der Waals surface area contributed by atoms with Gasteiger partial charge in [-0.2, -0.15) is 4.31 Å². The molecular weight excluding hydrogens is 669 g/mol. The second-order valence-corrected chi connectivity index (χ2v) is 15.9. The van der Waals surface area contributed by atoms with Crippen LogP contribution in [-0.4, -0.2) is 101 Å². The number of methoxy groups -OCH3 is 1. The minimum absolute atomic E-state index is 0.0856. The van der Waals surface area contributed by atoms with E-state index in [1.807, 2.05) is 63.4 Å². The lowest BCUT2D eigenvalue weighted by Gasteiger charge is -2.34. The number of urea groups is 1. The molecule has 3 aromatic rings. The van der Waals surface area contributed by atoms with E-state index in [1.54, 1.807) is 16.9 Å². The summed E-state index contributed by atoms with van der Waals surface area (Å²) in [5, 5.41) is 27.3. The van der Waals surface area contributed by atoms with Crippen molar-refractivity contribution in [1.29, 1.82) is 0 Å². The first-order valence-corrected chi connectivity index (χ1v) is 18.6. The van der Waals surface area contributed by atoms with Gasteiger partial charge in [0.2, 0.25) is 15.9 Å². The number of nitrogens with two attached hydrogens (primary N) is 1. The van der Waals surface area contributed by atoms with Gasteiger partial charge in [-0.25, -0.2) is 18.2 Å². The van der Waals surface area contributed by atoms with Crippen molar-refractivity contribution >= 4 is 39.0 Å². The molecule has 0 spiro atoms. The normalized spacial score (nSPS) is 15.7. The molecule has 13 nitrogen and oxygen atoms in total. The Morgan fingerprint density at radius 3 is 2.47 bits per heavy atom. The first-order valence-electron chi connectivity index (χ1n) is 16.3. The van der Waals surface area contributed by atoms with E-state index in [1.165, 1.54) is 33.8 Å². The number of phenolic OH excluding ortho intramolecular Hbond substituents is 1. The minimum atomic E-state index is -4.15. The number of hydrogen-bond donors (Lipinski definition) is 4. The molecule has 49 heavy (non-hydrogen) atoms. The third-order valence-electron chi connectivity index (χ3n) is 8.27. The van der Waals surface area contributed by atoms with Crippen LogP contribution in [0.25, 0.3) is 0 Å². The van der Waals surface area contributed by atoms with Crippen molar-refractivity contribution in [3.8, 4) is 5.75 Å². The van der Waals surface area contributed by atoms with Crippen LogP contribution >= 0.6 is 11.3 Å². The lowest BCUT2D eigenvalue weighted by atomic mass is 9.97. The number of amides is 3. The third-order valence-corrected chi connectivity index (χ3v) is 11.0. The number of nitrogen functional groups attached to an aromatic ring is 1. The highest BCUT2D eigenvalue weighted by molar-refractivity contribution is 7.89. The summed E-state index contributed by atoms with van der Waals surface area (Å²) >= 11 is 1.46. The number of aliphatic hydroxyl groups is 1. The average Bonchev–Trinajstić information content (AvgIpc) is 3.64. The molecule has 0 unspecified atom stereocenters. The average molecular weight is 717 g/mol. The number of nitrogens with zero attached hydrogens (tertiary/aromatic N) is 4. The Labute approximate surface area is 292 Å². The molecule has 15 heteroatoms. The highest BCUT2D eigenvalue weighted by atomic mass is 32.2. The number of carbonyl (C=O) groups is 2. The summed E-state index contributed by atoms with van der Waals surface area (Å²) < 4.78 is 33.9. The van der Waals surface area contributed by atoms with Crippen LogP contribution in [0.5, 0.6) is 5.75 Å². The molecule has 5 N–H and O–H groups in total. The van der Waals surface area contributed by atoms with Gasteiger partial charge in [0.15, 0.2) is 0 Å². The highest BCUT2D eigenvalue weighted by Crippen LogP contribution is 2.27. The lowest BCUT2D eigenvalue weighted by Crippen LogP contribution is -2.57. The van der Waals surface area contributed by atoms with Gasteiger partial charge < -0.3 is 35.8 Å². The molecule has 1 saturated heterocycles. The number of thiazole rings is 1. The number of carbonyl (C=O) groups excluding carboxylic acids is 2. The van der Waals surface area contributed by atoms with Crippen molar-refractivity contribution in [2.75, 3.05) is 39.0 Å². The molecule has 1 aliphatic rings. The summed E-state index contributed by atoms with van der Waals surface area (Å²) in [6.07, 6.45) is -1.11. The Balaban J connectivity index is 1.56. The Morgan fingerprint density at radius 2 is 1.84 bits per heavy atom. The predicted octanol–water partition coefficient (Wildman–Crippen LogP) is 3.27. The Bertz CT molecular complexity index is 1670. The standard InChI is InChI=1S/C34H48N6O7S2/c1-22(2)17-39(49(45,46)26-11-12-29(41)27(35)16-26)19-30(42)28(15-24-9-7-6-8-10-24)37-33(43)32(23(3)4)40-14-13-38(34(40)44)18-25-21-48-31(36-25)20-47-5/h6-12,16,21-23,28,30,32,41-42H,13-15,17-20,35H2,1-5H3,(H,37,43)/t28-,30+,32-/m0/s1. The fraction of sp³-hybridized carbons (Fsp3) is 0.500. The van der Waals surface area contributed by atoms with Gasteiger partial charge in [0.1, 0.15) is 16.8 Å². The molecule has 2 aromatic carbocycles. The van der Waals surface area contributed by atoms with Crippen molar-refractivity contribution in [2.45, 2.75) is 70.4 Å². The highest BCUT2D eigenvalue weighted by Gasteiger charge is 2.40. The zero-order chi connectivity index (χ0) is 35.9. The molecule has 268 valence electrons. The number of rotatable bonds is 17. The van der Waals surface area contributed by atoms with Crippen LogP contribution in [0.4, 0.5) is 10.5 Å². The molecule has 0 saturated carbocycles. The van der Waals surface area contributed by atoms with Crippen LogP contribution in [0.15, 0.2) is 58.8 Å². The quantitative estimate of drug-likeness (QED) is 0.121. The van der Waals surface area contributed by atoms with Crippen molar-refractivity contribution < 1.29 is 33.0 Å². The van der Waals surface area contributed by atoms with Gasteiger partial charge in [-0.05, 0) is 42.0 Å². The number of aromatic nitrogens is 1. The van der Waals surface area contributed by atoms with Gasteiger partial charge in [0, 0.05) is 38.7 Å². The van der Waals surface area contributed by atoms with Crippen LogP contribution in [-0.2, 0) is 39.1 Å². The van der Waals surface area contributed by atoms with Crippen LogP contribution < -0.4 is 11.1 Å². The molecule has 2 heterocycles. The van der Waals surface area contributed by atoms with Gasteiger partial charge >= 0.3 is 6.03 Å². The number of sulfonamides is 1. The molecular formula is C34H48N6O7S2. The summed E-state index contributed by atoms with van der Waals surface area (Å²) in [5.74, 6) is -1.03. The lowest BCUT2D eigenvalue weighted by molar-refractivity contribution is -0.128. The fourth-order valence-corrected chi connectivity index (χ4v) is 8.31. The largest absolute Gasteiger partial charge is 0.506 e. The fourth-order valence-electron chi connectivity index (χ4n) is 5.89. The van der Waals surface area contributed by atoms with Crippen molar-refractivity contribution in [3.63, 3.8) is 0 Å². The van der Waals surface area contributed by atoms with Gasteiger partial charge in [0.25, 0.3) is 0 Å². The van der Waals surface area contributed by atoms with E-state index < -0.39 is 34.1 Å². The second kappa shape index (κ2) is 16.8. The molecule has 1 fully saturated rings. The molecule has 1 aliphatic heterocycles. The summed E-state index contributed by atoms with van der Waals surface area (Å²) in [7, 11) is -2.55. The number of ether oxygens (including phenoxy) is 1. The minimum Gasteiger partial charge on any atom is -0.506 e. The summed E-state index contributed by atoms with van der Waals surface area (Å²) in [6.45, 7) is 8.68. The summed E-state index contributed by atoms with van der Waals surface area (Å²) in [6, 6.07) is 10.9. The SMILES string of the molecule is COCc1nc(CN2CCN([C@H](C(=O)N[C@@H](Cc3ccccc3)[C@H](O)CN(CC(C)C)S(=O)(=O)c3ccc(O)c(N)c3)C(C)C)C2=O)cs1. The molecule has 0 bridgehead atoms. The van der Waals surface area contributed by atoms with Crippen molar-refractivity contribution in [2.24, 2.45) is 11.8 Å². The number of aliphatic hydroxyl groups excluding tert-OH is 1. The first-order chi connectivity index (χ1) is 23.2. The van der Waals surface area contributed by atoms with Crippen LogP contribution in [0, 0.1) is 11.8 Å². The zero-order valence-corrected chi connectivity index (χ0v) is 30.3. The molecule has 1 aromatic heterocycles. The van der Waals surface area contributed by atoms with Crippen LogP contribution in [0.2, 0.25) is 0 Å². The van der Waals surface area contributed by atoms with E-state index in [4.69, 9.17) is 10.5 Å². The van der Waals surface area contributed by atoms with Crippen LogP contribution in [0.3, 0.4) is 0 Å². The van der Waals surface area contributed by atoms with Gasteiger partial charge in [-0.3, -0.25) is 4.79 Å². The number of anilines is 1. The van der Waals surface area contributed by atoms with Gasteiger partial charge in [-0.1, -0.05) is 58.0 Å². The van der Waals surface area contributed by atoms with E-state index in [9.17, 15) is 28.2 Å². The monoisotopic (exact) mass is 716 g/mol. The third kappa shape index (κ3) is 9.69. The zero-order valence-electron chi connectivity index (χ0n) is 28.7. The van der Waals surface area contributed by atoms with Crippen molar-refractivity contribution in [3.05, 3.63) is 70.2 Å². The number of aromatic hydroxyl groups is 1. The number of hydrogen-bond acceptors (Lipinski definition) is 10. The Kier molecular flexibility index (Phi) is 13.0. The Hall–Kier alpha value is -3.76. The second-order valence-electron chi connectivity index (χ2n) is 13.1. The smallest absolute Gasteiger partial charge is 0.321 e. The maximum atomic E-state index is 14.1. The number of phenols is 1. The maximum Gasteiger partial charge on any atom is 0.321 e. The van der Waals surface area contributed by atoms with Gasteiger partial charge in [-0.15, -0.1) is 11.3 Å². The van der Waals surface area contributed by atoms with E-state index >= 15 is 0 Å². The molecule has 0 radical (unpaired) electrons. The molecule has 3 amide bonds. The summed E-state index contributed by atoms with van der Waals surface area (Å²) in [5.41, 5.74) is 7.31. The van der Waals surface area contributed by atoms with Crippen LogP contribution in [0.1, 0.15) is 44.0 Å². The topological polar surface area (TPSA) is 179 Å². The Morgan fingerprint density at radius 1 is 1.12 bits per heavy atom. The van der Waals surface area contributed by atoms with Crippen molar-refractivity contribution in [1.82, 2.24) is 24.4 Å². The maximum absolute atomic E-state index is 14.1. The number of benzene rings is 2. The van der Waals surface area contributed by atoms with E-state index in [0.29, 0.717) is 26.2 Å². The molecule has 3 atom stereocenters. The number of nitrogens with one attached hydrogen (secondary N) is 1. The first kappa shape index (κ1) is 38.0.